The normalized spacial score (nSPS) is 12.7. The molecule has 0 aliphatic carbocycles. The second kappa shape index (κ2) is 5.27. The Morgan fingerprint density at radius 1 is 1.39 bits per heavy atom. The predicted molar refractivity (Wildman–Crippen MR) is 66.0 cm³/mol. The van der Waals surface area contributed by atoms with E-state index in [0.717, 1.165) is 18.3 Å². The number of aromatic amines is 1. The summed E-state index contributed by atoms with van der Waals surface area (Å²) in [6, 6.07) is 3.47. The molecule has 2 rings (SSSR count). The van der Waals surface area contributed by atoms with Crippen LogP contribution in [0.4, 0.5) is 8.78 Å². The summed E-state index contributed by atoms with van der Waals surface area (Å²) < 4.78 is 26.4. The van der Waals surface area contributed by atoms with Crippen molar-refractivity contribution in [3.8, 4) is 11.3 Å². The topological polar surface area (TPSA) is 54.7 Å². The fourth-order valence-corrected chi connectivity index (χ4v) is 1.86. The molecule has 1 aromatic heterocycles. The Kier molecular flexibility index (Phi) is 3.72. The van der Waals surface area contributed by atoms with Crippen LogP contribution in [0.5, 0.6) is 0 Å². The largest absolute Gasteiger partial charge is 0.342 e. The molecular weight excluding hydrogens is 236 g/mol. The summed E-state index contributed by atoms with van der Waals surface area (Å²) in [5.74, 6) is -0.337. The molecule has 0 bridgehead atoms. The number of H-pyrrole nitrogens is 1. The lowest BCUT2D eigenvalue weighted by Crippen LogP contribution is -2.12. The van der Waals surface area contributed by atoms with Crippen molar-refractivity contribution in [1.29, 1.82) is 0 Å². The molecule has 1 atom stereocenters. The van der Waals surface area contributed by atoms with Gasteiger partial charge in [-0.15, -0.1) is 0 Å². The molecule has 0 fully saturated rings. The van der Waals surface area contributed by atoms with Crippen molar-refractivity contribution in [3.63, 3.8) is 0 Å². The van der Waals surface area contributed by atoms with Crippen LogP contribution in [0.15, 0.2) is 24.4 Å². The minimum atomic E-state index is -0.606. The van der Waals surface area contributed by atoms with Gasteiger partial charge in [-0.3, -0.25) is 0 Å². The van der Waals surface area contributed by atoms with Crippen molar-refractivity contribution in [1.82, 2.24) is 9.97 Å². The quantitative estimate of drug-likeness (QED) is 0.877. The third-order valence-corrected chi connectivity index (χ3v) is 2.98. The fraction of sp³-hybridized carbons (Fsp3) is 0.308. The molecule has 1 unspecified atom stereocenters. The molecule has 0 radical (unpaired) electrons. The summed E-state index contributed by atoms with van der Waals surface area (Å²) >= 11 is 0. The zero-order valence-corrected chi connectivity index (χ0v) is 10.1. The maximum absolute atomic E-state index is 13.6. The van der Waals surface area contributed by atoms with Gasteiger partial charge in [0.05, 0.1) is 11.9 Å². The van der Waals surface area contributed by atoms with Crippen LogP contribution in [-0.4, -0.2) is 16.5 Å². The minimum absolute atomic E-state index is 0.127. The monoisotopic (exact) mass is 251 g/mol. The summed E-state index contributed by atoms with van der Waals surface area (Å²) in [5, 5.41) is 0. The van der Waals surface area contributed by atoms with Gasteiger partial charge in [0.25, 0.3) is 0 Å². The first kappa shape index (κ1) is 12.7. The molecule has 0 saturated carbocycles. The molecule has 0 spiro atoms. The van der Waals surface area contributed by atoms with Gasteiger partial charge in [0.2, 0.25) is 0 Å². The van der Waals surface area contributed by atoms with Crippen LogP contribution in [0.1, 0.15) is 25.1 Å². The maximum Gasteiger partial charge on any atom is 0.135 e. The standard InChI is InChI=1S/C13H15F2N3/c1-2-8(6-16)13-17-7-12(18-13)10-4-3-9(14)5-11(10)15/h3-5,7-8H,2,6,16H2,1H3,(H,17,18). The number of benzene rings is 1. The van der Waals surface area contributed by atoms with Crippen molar-refractivity contribution < 1.29 is 8.78 Å². The first-order valence-electron chi connectivity index (χ1n) is 5.86. The van der Waals surface area contributed by atoms with Crippen LogP contribution in [0.3, 0.4) is 0 Å². The van der Waals surface area contributed by atoms with Gasteiger partial charge in [0.1, 0.15) is 17.5 Å². The number of imidazole rings is 1. The number of nitrogens with two attached hydrogens (primary N) is 1. The predicted octanol–water partition coefficient (Wildman–Crippen LogP) is 2.81. The highest BCUT2D eigenvalue weighted by molar-refractivity contribution is 5.59. The fourth-order valence-electron chi connectivity index (χ4n) is 1.86. The van der Waals surface area contributed by atoms with E-state index >= 15 is 0 Å². The third kappa shape index (κ3) is 2.41. The average molecular weight is 251 g/mol. The van der Waals surface area contributed by atoms with E-state index in [1.54, 1.807) is 6.20 Å². The Morgan fingerprint density at radius 2 is 2.17 bits per heavy atom. The van der Waals surface area contributed by atoms with E-state index in [9.17, 15) is 8.78 Å². The highest BCUT2D eigenvalue weighted by Gasteiger charge is 2.14. The summed E-state index contributed by atoms with van der Waals surface area (Å²) in [7, 11) is 0. The third-order valence-electron chi connectivity index (χ3n) is 2.98. The lowest BCUT2D eigenvalue weighted by Gasteiger charge is -2.08. The Bertz CT molecular complexity index is 533. The number of nitrogens with zero attached hydrogens (tertiary/aromatic N) is 1. The zero-order valence-electron chi connectivity index (χ0n) is 10.1. The Balaban J connectivity index is 2.34. The van der Waals surface area contributed by atoms with Gasteiger partial charge in [-0.2, -0.15) is 0 Å². The van der Waals surface area contributed by atoms with Gasteiger partial charge >= 0.3 is 0 Å². The minimum Gasteiger partial charge on any atom is -0.342 e. The molecule has 0 aliphatic heterocycles. The van der Waals surface area contributed by atoms with Gasteiger partial charge in [-0.25, -0.2) is 13.8 Å². The second-order valence-electron chi connectivity index (χ2n) is 4.15. The van der Waals surface area contributed by atoms with Crippen molar-refractivity contribution in [2.24, 2.45) is 5.73 Å². The molecular formula is C13H15F2N3. The zero-order chi connectivity index (χ0) is 13.1. The van der Waals surface area contributed by atoms with Crippen LogP contribution in [-0.2, 0) is 0 Å². The number of hydrogen-bond acceptors (Lipinski definition) is 2. The number of rotatable bonds is 4. The van der Waals surface area contributed by atoms with E-state index in [1.807, 2.05) is 6.92 Å². The van der Waals surface area contributed by atoms with Gasteiger partial charge in [0, 0.05) is 24.1 Å². The Morgan fingerprint density at radius 3 is 2.78 bits per heavy atom. The van der Waals surface area contributed by atoms with Crippen LogP contribution in [0, 0.1) is 11.6 Å². The molecule has 2 aromatic rings. The van der Waals surface area contributed by atoms with Crippen molar-refractivity contribution >= 4 is 0 Å². The van der Waals surface area contributed by atoms with Gasteiger partial charge in [-0.1, -0.05) is 6.92 Å². The lowest BCUT2D eigenvalue weighted by molar-refractivity contribution is 0.585. The van der Waals surface area contributed by atoms with Crippen LogP contribution >= 0.6 is 0 Å². The first-order chi connectivity index (χ1) is 8.65. The SMILES string of the molecule is CCC(CN)c1ncc(-c2ccc(F)cc2F)[nH]1. The summed E-state index contributed by atoms with van der Waals surface area (Å²) in [4.78, 5) is 7.24. The van der Waals surface area contributed by atoms with Crippen LogP contribution in [0.25, 0.3) is 11.3 Å². The van der Waals surface area contributed by atoms with Crippen LogP contribution < -0.4 is 5.73 Å². The van der Waals surface area contributed by atoms with E-state index in [4.69, 9.17) is 5.73 Å². The van der Waals surface area contributed by atoms with E-state index < -0.39 is 11.6 Å². The number of hydrogen-bond donors (Lipinski definition) is 2. The summed E-state index contributed by atoms with van der Waals surface area (Å²) in [5.41, 5.74) is 6.47. The van der Waals surface area contributed by atoms with Crippen molar-refractivity contribution in [3.05, 3.63) is 41.9 Å². The average Bonchev–Trinajstić information content (AvgIpc) is 2.80. The number of nitrogens with one attached hydrogen (secondary N) is 1. The highest BCUT2D eigenvalue weighted by Crippen LogP contribution is 2.24. The molecule has 5 heteroatoms. The molecule has 3 N–H and O–H groups in total. The van der Waals surface area contributed by atoms with E-state index in [0.29, 0.717) is 17.8 Å². The molecule has 96 valence electrons. The van der Waals surface area contributed by atoms with E-state index in [-0.39, 0.29) is 5.92 Å². The van der Waals surface area contributed by atoms with Gasteiger partial charge < -0.3 is 10.7 Å². The summed E-state index contributed by atoms with van der Waals surface area (Å²) in [6.07, 6.45) is 2.40. The van der Waals surface area contributed by atoms with E-state index in [2.05, 4.69) is 9.97 Å². The van der Waals surface area contributed by atoms with Crippen LogP contribution in [0.2, 0.25) is 0 Å². The van der Waals surface area contributed by atoms with Crippen molar-refractivity contribution in [2.45, 2.75) is 19.3 Å². The van der Waals surface area contributed by atoms with Crippen molar-refractivity contribution in [2.75, 3.05) is 6.54 Å². The second-order valence-corrected chi connectivity index (χ2v) is 4.15. The van der Waals surface area contributed by atoms with Gasteiger partial charge in [-0.05, 0) is 18.6 Å². The molecule has 1 heterocycles. The maximum atomic E-state index is 13.6. The van der Waals surface area contributed by atoms with Gasteiger partial charge in [0.15, 0.2) is 0 Å². The first-order valence-corrected chi connectivity index (χ1v) is 5.86. The highest BCUT2D eigenvalue weighted by atomic mass is 19.1. The number of aromatic nitrogens is 2. The lowest BCUT2D eigenvalue weighted by atomic mass is 10.1. The number of halogens is 2. The Hall–Kier alpha value is -1.75. The molecule has 1 aromatic carbocycles. The smallest absolute Gasteiger partial charge is 0.135 e. The molecule has 18 heavy (non-hydrogen) atoms. The molecule has 0 aliphatic rings. The Labute approximate surface area is 104 Å². The van der Waals surface area contributed by atoms with E-state index in [1.165, 1.54) is 12.1 Å². The summed E-state index contributed by atoms with van der Waals surface area (Å²) in [6.45, 7) is 2.49. The molecule has 3 nitrogen and oxygen atoms in total. The molecule has 0 saturated heterocycles. The molecule has 0 amide bonds.